The number of hydrogen-bond donors (Lipinski definition) is 1. The van der Waals surface area contributed by atoms with Gasteiger partial charge in [-0.25, -0.2) is 9.37 Å². The summed E-state index contributed by atoms with van der Waals surface area (Å²) in [5.41, 5.74) is 9.16. The highest BCUT2D eigenvalue weighted by molar-refractivity contribution is 6.35. The number of hydrogen-bond acceptors (Lipinski definition) is 2. The average Bonchev–Trinajstić information content (AvgIpc) is 2.70. The quantitative estimate of drug-likeness (QED) is 0.679. The van der Waals surface area contributed by atoms with Crippen LogP contribution in [0.2, 0.25) is 10.0 Å². The third kappa shape index (κ3) is 2.01. The Morgan fingerprint density at radius 2 is 1.80 bits per heavy atom. The first-order valence-electron chi connectivity index (χ1n) is 5.87. The lowest BCUT2D eigenvalue weighted by molar-refractivity contribution is 0.628. The molecule has 20 heavy (non-hydrogen) atoms. The molecule has 102 valence electrons. The van der Waals surface area contributed by atoms with Gasteiger partial charge < -0.3 is 5.73 Å². The van der Waals surface area contributed by atoms with Crippen molar-refractivity contribution in [3.05, 3.63) is 51.8 Å². The number of fused-ring (bicyclic) bond motifs is 1. The molecule has 0 bridgehead atoms. The molecule has 0 saturated carbocycles. The van der Waals surface area contributed by atoms with Gasteiger partial charge in [-0.3, -0.25) is 4.57 Å². The van der Waals surface area contributed by atoms with E-state index in [1.807, 2.05) is 25.1 Å². The number of nitrogen functional groups attached to an aromatic ring is 1. The highest BCUT2D eigenvalue weighted by Gasteiger charge is 2.14. The largest absolute Gasteiger partial charge is 0.369 e. The summed E-state index contributed by atoms with van der Waals surface area (Å²) in [6, 6.07) is 8.73. The molecule has 0 atom stereocenters. The molecule has 2 N–H and O–H groups in total. The third-order valence-electron chi connectivity index (χ3n) is 3.06. The van der Waals surface area contributed by atoms with E-state index in [1.165, 1.54) is 12.1 Å². The zero-order valence-electron chi connectivity index (χ0n) is 10.5. The van der Waals surface area contributed by atoms with Crippen LogP contribution >= 0.6 is 23.2 Å². The van der Waals surface area contributed by atoms with Crippen molar-refractivity contribution >= 4 is 40.2 Å². The minimum atomic E-state index is -0.642. The van der Waals surface area contributed by atoms with E-state index in [0.29, 0.717) is 11.6 Å². The zero-order chi connectivity index (χ0) is 14.4. The summed E-state index contributed by atoms with van der Waals surface area (Å²) >= 11 is 11.7. The standard InChI is InChI=1S/C14H10Cl2FN3/c1-7-2-3-11-12(4-7)20(14(18)19-11)8-5-9(15)13(17)10(16)6-8/h2-6H,1H3,(H2,18,19). The second-order valence-electron chi connectivity index (χ2n) is 4.52. The van der Waals surface area contributed by atoms with E-state index >= 15 is 0 Å². The maximum Gasteiger partial charge on any atom is 0.205 e. The van der Waals surface area contributed by atoms with E-state index in [4.69, 9.17) is 28.9 Å². The first-order valence-corrected chi connectivity index (χ1v) is 6.62. The van der Waals surface area contributed by atoms with Gasteiger partial charge in [0.15, 0.2) is 5.82 Å². The van der Waals surface area contributed by atoms with Crippen LogP contribution in [-0.4, -0.2) is 9.55 Å². The Balaban J connectivity index is 2.34. The highest BCUT2D eigenvalue weighted by atomic mass is 35.5. The minimum absolute atomic E-state index is 0.0543. The SMILES string of the molecule is Cc1ccc2nc(N)n(-c3cc(Cl)c(F)c(Cl)c3)c2c1. The van der Waals surface area contributed by atoms with E-state index in [1.54, 1.807) is 4.57 Å². The first-order chi connectivity index (χ1) is 9.47. The third-order valence-corrected chi connectivity index (χ3v) is 3.61. The molecule has 0 amide bonds. The molecule has 0 fully saturated rings. The molecule has 0 unspecified atom stereocenters. The summed E-state index contributed by atoms with van der Waals surface area (Å²) < 4.78 is 15.2. The van der Waals surface area contributed by atoms with Gasteiger partial charge in [0, 0.05) is 0 Å². The molecule has 0 aliphatic rings. The molecular formula is C14H10Cl2FN3. The molecule has 2 aromatic carbocycles. The molecule has 3 rings (SSSR count). The summed E-state index contributed by atoms with van der Waals surface area (Å²) in [5.74, 6) is -0.347. The number of nitrogens with two attached hydrogens (primary N) is 1. The van der Waals surface area contributed by atoms with Crippen LogP contribution < -0.4 is 5.73 Å². The van der Waals surface area contributed by atoms with Gasteiger partial charge in [0.1, 0.15) is 0 Å². The van der Waals surface area contributed by atoms with E-state index in [0.717, 1.165) is 16.6 Å². The molecule has 0 aliphatic heterocycles. The number of benzene rings is 2. The summed E-state index contributed by atoms with van der Waals surface area (Å²) in [5, 5.41) is -0.109. The molecule has 0 radical (unpaired) electrons. The van der Waals surface area contributed by atoms with Crippen LogP contribution in [0.1, 0.15) is 5.56 Å². The Bertz CT molecular complexity index is 804. The molecule has 0 spiro atoms. The number of anilines is 1. The first kappa shape index (κ1) is 13.2. The predicted octanol–water partition coefficient (Wildman–Crippen LogP) is 4.36. The second kappa shape index (κ2) is 4.65. The normalized spacial score (nSPS) is 11.2. The summed E-state index contributed by atoms with van der Waals surface area (Å²) in [6.45, 7) is 1.97. The molecule has 0 saturated heterocycles. The van der Waals surface area contributed by atoms with Crippen molar-refractivity contribution in [3.8, 4) is 5.69 Å². The predicted molar refractivity (Wildman–Crippen MR) is 80.2 cm³/mol. The monoisotopic (exact) mass is 309 g/mol. The van der Waals surface area contributed by atoms with E-state index < -0.39 is 5.82 Å². The lowest BCUT2D eigenvalue weighted by atomic mass is 10.2. The Hall–Kier alpha value is -1.78. The minimum Gasteiger partial charge on any atom is -0.369 e. The number of aryl methyl sites for hydroxylation is 1. The maximum atomic E-state index is 13.5. The molecule has 1 aromatic heterocycles. The molecular weight excluding hydrogens is 300 g/mol. The van der Waals surface area contributed by atoms with Gasteiger partial charge >= 0.3 is 0 Å². The van der Waals surface area contributed by atoms with Crippen molar-refractivity contribution in [1.29, 1.82) is 0 Å². The van der Waals surface area contributed by atoms with E-state index in [9.17, 15) is 4.39 Å². The number of imidazole rings is 1. The van der Waals surface area contributed by atoms with Gasteiger partial charge in [0.25, 0.3) is 0 Å². The lowest BCUT2D eigenvalue weighted by Crippen LogP contribution is -2.01. The fourth-order valence-electron chi connectivity index (χ4n) is 2.15. The van der Waals surface area contributed by atoms with Crippen LogP contribution in [0.15, 0.2) is 30.3 Å². The van der Waals surface area contributed by atoms with E-state index in [-0.39, 0.29) is 10.0 Å². The van der Waals surface area contributed by atoms with Crippen molar-refractivity contribution < 1.29 is 4.39 Å². The van der Waals surface area contributed by atoms with Gasteiger partial charge in [0.2, 0.25) is 5.95 Å². The number of rotatable bonds is 1. The van der Waals surface area contributed by atoms with Crippen molar-refractivity contribution in [2.24, 2.45) is 0 Å². The Kier molecular flexibility index (Phi) is 3.07. The zero-order valence-corrected chi connectivity index (χ0v) is 12.0. The molecule has 6 heteroatoms. The fraction of sp³-hybridized carbons (Fsp3) is 0.0714. The number of nitrogens with zero attached hydrogens (tertiary/aromatic N) is 2. The number of halogens is 3. The van der Waals surface area contributed by atoms with Crippen LogP contribution in [-0.2, 0) is 0 Å². The van der Waals surface area contributed by atoms with Gasteiger partial charge in [-0.2, -0.15) is 0 Å². The van der Waals surface area contributed by atoms with Crippen LogP contribution in [0.4, 0.5) is 10.3 Å². The lowest BCUT2D eigenvalue weighted by Gasteiger charge is -2.09. The maximum absolute atomic E-state index is 13.5. The van der Waals surface area contributed by atoms with Gasteiger partial charge in [-0.15, -0.1) is 0 Å². The van der Waals surface area contributed by atoms with Gasteiger partial charge in [-0.05, 0) is 36.8 Å². The van der Waals surface area contributed by atoms with Gasteiger partial charge in [-0.1, -0.05) is 29.3 Å². The van der Waals surface area contributed by atoms with Crippen molar-refractivity contribution in [1.82, 2.24) is 9.55 Å². The summed E-state index contributed by atoms with van der Waals surface area (Å²) in [4.78, 5) is 4.27. The van der Waals surface area contributed by atoms with Crippen molar-refractivity contribution in [2.75, 3.05) is 5.73 Å². The van der Waals surface area contributed by atoms with Crippen molar-refractivity contribution in [2.45, 2.75) is 6.92 Å². The molecule has 1 heterocycles. The fourth-order valence-corrected chi connectivity index (χ4v) is 2.62. The summed E-state index contributed by atoms with van der Waals surface area (Å²) in [6.07, 6.45) is 0. The topological polar surface area (TPSA) is 43.8 Å². The molecule has 3 nitrogen and oxygen atoms in total. The Morgan fingerprint density at radius 1 is 1.15 bits per heavy atom. The molecule has 0 aliphatic carbocycles. The van der Waals surface area contributed by atoms with E-state index in [2.05, 4.69) is 4.98 Å². The Morgan fingerprint density at radius 3 is 2.45 bits per heavy atom. The van der Waals surface area contributed by atoms with Crippen molar-refractivity contribution in [3.63, 3.8) is 0 Å². The number of aromatic nitrogens is 2. The van der Waals surface area contributed by atoms with Gasteiger partial charge in [0.05, 0.1) is 26.8 Å². The average molecular weight is 310 g/mol. The smallest absolute Gasteiger partial charge is 0.205 e. The second-order valence-corrected chi connectivity index (χ2v) is 5.34. The van der Waals surface area contributed by atoms with Crippen LogP contribution in [0.3, 0.4) is 0 Å². The van der Waals surface area contributed by atoms with Crippen LogP contribution in [0.5, 0.6) is 0 Å². The van der Waals surface area contributed by atoms with Crippen LogP contribution in [0.25, 0.3) is 16.7 Å². The Labute approximate surface area is 124 Å². The summed E-state index contributed by atoms with van der Waals surface area (Å²) in [7, 11) is 0. The van der Waals surface area contributed by atoms with Crippen LogP contribution in [0, 0.1) is 12.7 Å². The highest BCUT2D eigenvalue weighted by Crippen LogP contribution is 2.30. The molecule has 3 aromatic rings.